The number of methoxy groups -OCH3 is 1. The number of benzene rings is 1. The molecule has 1 saturated heterocycles. The van der Waals surface area contributed by atoms with Crippen molar-refractivity contribution in [2.24, 2.45) is 0 Å². The SMILES string of the molecule is COc1ccc(N(CCC(=O)N2CCCCC2)C(C)=O)cc1Cl. The molecule has 6 heteroatoms. The lowest BCUT2D eigenvalue weighted by Gasteiger charge is -2.28. The van der Waals surface area contributed by atoms with Crippen LogP contribution in [0.4, 0.5) is 5.69 Å². The number of rotatable bonds is 5. The standard InChI is InChI=1S/C17H23ClN2O3/c1-13(21)20(14-6-7-16(23-2)15(18)12-14)11-8-17(22)19-9-4-3-5-10-19/h6-7,12H,3-5,8-11H2,1-2H3. The number of carbonyl (C=O) groups excluding carboxylic acids is 2. The monoisotopic (exact) mass is 338 g/mol. The van der Waals surface area contributed by atoms with Crippen LogP contribution in [0.1, 0.15) is 32.6 Å². The largest absolute Gasteiger partial charge is 0.495 e. The summed E-state index contributed by atoms with van der Waals surface area (Å²) in [6, 6.07) is 5.19. The number of ether oxygens (including phenoxy) is 1. The highest BCUT2D eigenvalue weighted by atomic mass is 35.5. The summed E-state index contributed by atoms with van der Waals surface area (Å²) in [5.74, 6) is 0.552. The van der Waals surface area contributed by atoms with E-state index in [0.717, 1.165) is 25.9 Å². The quantitative estimate of drug-likeness (QED) is 0.829. The highest BCUT2D eigenvalue weighted by Crippen LogP contribution is 2.29. The molecule has 1 fully saturated rings. The zero-order valence-electron chi connectivity index (χ0n) is 13.7. The summed E-state index contributed by atoms with van der Waals surface area (Å²) in [5.41, 5.74) is 0.676. The van der Waals surface area contributed by atoms with Crippen molar-refractivity contribution in [1.82, 2.24) is 4.90 Å². The van der Waals surface area contributed by atoms with E-state index in [0.29, 0.717) is 29.4 Å². The summed E-state index contributed by atoms with van der Waals surface area (Å²) in [6.45, 7) is 3.50. The number of halogens is 1. The molecule has 0 aliphatic carbocycles. The Labute approximate surface area is 142 Å². The molecule has 0 bridgehead atoms. The molecule has 2 rings (SSSR count). The molecule has 1 aliphatic rings. The van der Waals surface area contributed by atoms with Crippen LogP contribution in [0.2, 0.25) is 5.02 Å². The molecule has 23 heavy (non-hydrogen) atoms. The second kappa shape index (κ2) is 8.20. The number of hydrogen-bond acceptors (Lipinski definition) is 3. The highest BCUT2D eigenvalue weighted by Gasteiger charge is 2.19. The van der Waals surface area contributed by atoms with Gasteiger partial charge >= 0.3 is 0 Å². The summed E-state index contributed by atoms with van der Waals surface area (Å²) in [7, 11) is 1.54. The summed E-state index contributed by atoms with van der Waals surface area (Å²) in [4.78, 5) is 27.7. The number of piperidine rings is 1. The van der Waals surface area contributed by atoms with E-state index in [-0.39, 0.29) is 11.8 Å². The molecule has 0 spiro atoms. The summed E-state index contributed by atoms with van der Waals surface area (Å²) >= 11 is 6.12. The van der Waals surface area contributed by atoms with E-state index < -0.39 is 0 Å². The van der Waals surface area contributed by atoms with Gasteiger partial charge < -0.3 is 14.5 Å². The Bertz CT molecular complexity index is 571. The molecule has 0 saturated carbocycles. The van der Waals surface area contributed by atoms with Crippen molar-refractivity contribution in [2.45, 2.75) is 32.6 Å². The third-order valence-corrected chi connectivity index (χ3v) is 4.38. The predicted octanol–water partition coefficient (Wildman–Crippen LogP) is 3.10. The third kappa shape index (κ3) is 4.61. The first-order valence-corrected chi connectivity index (χ1v) is 8.30. The third-order valence-electron chi connectivity index (χ3n) is 4.09. The second-order valence-corrected chi connectivity index (χ2v) is 6.09. The molecule has 0 unspecified atom stereocenters. The Morgan fingerprint density at radius 1 is 1.26 bits per heavy atom. The van der Waals surface area contributed by atoms with Crippen molar-refractivity contribution >= 4 is 29.1 Å². The van der Waals surface area contributed by atoms with E-state index in [1.807, 2.05) is 4.90 Å². The summed E-state index contributed by atoms with van der Waals surface area (Å²) in [5, 5.41) is 0.443. The van der Waals surface area contributed by atoms with Crippen LogP contribution in [0.15, 0.2) is 18.2 Å². The maximum absolute atomic E-state index is 12.3. The first-order valence-electron chi connectivity index (χ1n) is 7.92. The Morgan fingerprint density at radius 3 is 2.52 bits per heavy atom. The van der Waals surface area contributed by atoms with Gasteiger partial charge in [-0.2, -0.15) is 0 Å². The number of amides is 2. The Morgan fingerprint density at radius 2 is 1.96 bits per heavy atom. The molecule has 1 aromatic carbocycles. The van der Waals surface area contributed by atoms with Gasteiger partial charge in [-0.05, 0) is 37.5 Å². The molecule has 0 aromatic heterocycles. The van der Waals surface area contributed by atoms with Crippen molar-refractivity contribution in [2.75, 3.05) is 31.6 Å². The van der Waals surface area contributed by atoms with E-state index in [4.69, 9.17) is 16.3 Å². The molecule has 1 aromatic rings. The van der Waals surface area contributed by atoms with Gasteiger partial charge in [0.2, 0.25) is 11.8 Å². The minimum Gasteiger partial charge on any atom is -0.495 e. The first kappa shape index (κ1) is 17.6. The molecule has 1 aliphatic heterocycles. The van der Waals surface area contributed by atoms with Crippen LogP contribution in [-0.2, 0) is 9.59 Å². The molecule has 2 amide bonds. The average Bonchev–Trinajstić information content (AvgIpc) is 2.55. The Kier molecular flexibility index (Phi) is 6.28. The van der Waals surface area contributed by atoms with Crippen molar-refractivity contribution in [3.8, 4) is 5.75 Å². The van der Waals surface area contributed by atoms with Gasteiger partial charge in [-0.15, -0.1) is 0 Å². The van der Waals surface area contributed by atoms with E-state index in [1.54, 1.807) is 30.2 Å². The number of nitrogens with zero attached hydrogens (tertiary/aromatic N) is 2. The topological polar surface area (TPSA) is 49.9 Å². The van der Waals surface area contributed by atoms with Gasteiger partial charge in [0, 0.05) is 38.7 Å². The van der Waals surface area contributed by atoms with Gasteiger partial charge in [-0.25, -0.2) is 0 Å². The number of anilines is 1. The normalized spacial score (nSPS) is 14.5. The van der Waals surface area contributed by atoms with Crippen molar-refractivity contribution in [1.29, 1.82) is 0 Å². The summed E-state index contributed by atoms with van der Waals surface area (Å²) < 4.78 is 5.12. The fraction of sp³-hybridized carbons (Fsp3) is 0.529. The maximum Gasteiger partial charge on any atom is 0.224 e. The van der Waals surface area contributed by atoms with Crippen LogP contribution in [0.25, 0.3) is 0 Å². The van der Waals surface area contributed by atoms with E-state index >= 15 is 0 Å². The van der Waals surface area contributed by atoms with Crippen LogP contribution in [0, 0.1) is 0 Å². The maximum atomic E-state index is 12.3. The van der Waals surface area contributed by atoms with Crippen molar-refractivity contribution in [3.63, 3.8) is 0 Å². The second-order valence-electron chi connectivity index (χ2n) is 5.68. The molecule has 0 N–H and O–H groups in total. The van der Waals surface area contributed by atoms with E-state index in [9.17, 15) is 9.59 Å². The fourth-order valence-electron chi connectivity index (χ4n) is 2.80. The minimum atomic E-state index is -0.113. The van der Waals surface area contributed by atoms with Crippen LogP contribution in [0.5, 0.6) is 5.75 Å². The summed E-state index contributed by atoms with van der Waals surface area (Å²) in [6.07, 6.45) is 3.64. The minimum absolute atomic E-state index is 0.107. The molecule has 126 valence electrons. The first-order chi connectivity index (χ1) is 11.0. The zero-order chi connectivity index (χ0) is 16.8. The fourth-order valence-corrected chi connectivity index (χ4v) is 3.05. The molecule has 0 radical (unpaired) electrons. The lowest BCUT2D eigenvalue weighted by molar-refractivity contribution is -0.131. The van der Waals surface area contributed by atoms with Gasteiger partial charge in [0.05, 0.1) is 12.1 Å². The van der Waals surface area contributed by atoms with Crippen LogP contribution >= 0.6 is 11.6 Å². The van der Waals surface area contributed by atoms with E-state index in [2.05, 4.69) is 0 Å². The molecule has 5 nitrogen and oxygen atoms in total. The van der Waals surface area contributed by atoms with E-state index in [1.165, 1.54) is 13.3 Å². The Hall–Kier alpha value is -1.75. The molecular weight excluding hydrogens is 316 g/mol. The van der Waals surface area contributed by atoms with Crippen LogP contribution in [-0.4, -0.2) is 43.5 Å². The zero-order valence-corrected chi connectivity index (χ0v) is 14.4. The molecule has 0 atom stereocenters. The van der Waals surface area contributed by atoms with Crippen molar-refractivity contribution < 1.29 is 14.3 Å². The average molecular weight is 339 g/mol. The van der Waals surface area contributed by atoms with Crippen molar-refractivity contribution in [3.05, 3.63) is 23.2 Å². The van der Waals surface area contributed by atoms with Crippen LogP contribution < -0.4 is 9.64 Å². The highest BCUT2D eigenvalue weighted by molar-refractivity contribution is 6.32. The number of hydrogen-bond donors (Lipinski definition) is 0. The van der Waals surface area contributed by atoms with Gasteiger partial charge in [0.1, 0.15) is 5.75 Å². The predicted molar refractivity (Wildman–Crippen MR) is 91.1 cm³/mol. The lowest BCUT2D eigenvalue weighted by atomic mass is 10.1. The van der Waals surface area contributed by atoms with Crippen LogP contribution in [0.3, 0.4) is 0 Å². The lowest BCUT2D eigenvalue weighted by Crippen LogP contribution is -2.38. The van der Waals surface area contributed by atoms with Gasteiger partial charge in [-0.3, -0.25) is 9.59 Å². The van der Waals surface area contributed by atoms with Gasteiger partial charge in [0.25, 0.3) is 0 Å². The number of likely N-dealkylation sites (tertiary alicyclic amines) is 1. The smallest absolute Gasteiger partial charge is 0.224 e. The molecule has 1 heterocycles. The Balaban J connectivity index is 2.02. The molecular formula is C17H23ClN2O3. The number of carbonyl (C=O) groups is 2. The van der Waals surface area contributed by atoms with Gasteiger partial charge in [0.15, 0.2) is 0 Å². The van der Waals surface area contributed by atoms with Gasteiger partial charge in [-0.1, -0.05) is 11.6 Å².